The van der Waals surface area contributed by atoms with Crippen LogP contribution in [0.1, 0.15) is 28.9 Å². The number of halogens is 1. The number of carbonyl (C=O) groups is 2. The maximum atomic E-state index is 12.9. The van der Waals surface area contributed by atoms with E-state index in [4.69, 9.17) is 16.1 Å². The summed E-state index contributed by atoms with van der Waals surface area (Å²) in [4.78, 5) is 31.1. The number of nitrogens with zero attached hydrogens (tertiary/aromatic N) is 3. The van der Waals surface area contributed by atoms with Crippen LogP contribution in [-0.4, -0.2) is 39.4 Å². The highest BCUT2D eigenvalue weighted by molar-refractivity contribution is 6.33. The van der Waals surface area contributed by atoms with Crippen LogP contribution in [0.5, 0.6) is 0 Å². The molecule has 2 aromatic heterocycles. The van der Waals surface area contributed by atoms with Crippen molar-refractivity contribution in [2.45, 2.75) is 25.4 Å². The van der Waals surface area contributed by atoms with Crippen LogP contribution >= 0.6 is 11.6 Å². The number of likely N-dealkylation sites (tertiary alicyclic amines) is 1. The average Bonchev–Trinajstić information content (AvgIpc) is 3.43. The summed E-state index contributed by atoms with van der Waals surface area (Å²) in [7, 11) is 0. The Balaban J connectivity index is 1.45. The molecule has 8 heteroatoms. The van der Waals surface area contributed by atoms with E-state index in [0.717, 1.165) is 12.0 Å². The van der Waals surface area contributed by atoms with Gasteiger partial charge < -0.3 is 14.7 Å². The van der Waals surface area contributed by atoms with Crippen molar-refractivity contribution in [3.8, 4) is 11.3 Å². The summed E-state index contributed by atoms with van der Waals surface area (Å²) in [5, 5.41) is 7.31. The van der Waals surface area contributed by atoms with Crippen LogP contribution in [0.2, 0.25) is 5.02 Å². The lowest BCUT2D eigenvalue weighted by atomic mass is 10.1. The molecule has 7 nitrogen and oxygen atoms in total. The molecular formula is C21H19ClN4O3. The highest BCUT2D eigenvalue weighted by atomic mass is 35.5. The fourth-order valence-corrected chi connectivity index (χ4v) is 3.63. The van der Waals surface area contributed by atoms with Crippen molar-refractivity contribution in [3.05, 3.63) is 71.1 Å². The van der Waals surface area contributed by atoms with E-state index >= 15 is 0 Å². The third-order valence-corrected chi connectivity index (χ3v) is 5.23. The lowest BCUT2D eigenvalue weighted by Gasteiger charge is -2.23. The normalized spacial score (nSPS) is 16.0. The van der Waals surface area contributed by atoms with Gasteiger partial charge in [0.05, 0.1) is 5.02 Å². The van der Waals surface area contributed by atoms with Crippen molar-refractivity contribution < 1.29 is 14.1 Å². The van der Waals surface area contributed by atoms with Crippen molar-refractivity contribution in [3.63, 3.8) is 0 Å². The number of hydrogen-bond acceptors (Lipinski definition) is 5. The monoisotopic (exact) mass is 410 g/mol. The third kappa shape index (κ3) is 4.14. The summed E-state index contributed by atoms with van der Waals surface area (Å²) in [6.45, 7) is 0.890. The van der Waals surface area contributed by atoms with Gasteiger partial charge in [-0.05, 0) is 42.7 Å². The standard InChI is InChI=1S/C21H19ClN4O3/c22-16-5-2-1-4-15(16)19-12-17(25-29-19)21(28)26-11-3-6-18(26)20(27)24-13-14-7-9-23-10-8-14/h1-2,4-5,7-10,12,18H,3,6,11,13H2,(H,24,27)/t18-/m0/s1. The molecule has 1 aliphatic rings. The maximum absolute atomic E-state index is 12.9. The summed E-state index contributed by atoms with van der Waals surface area (Å²) in [6, 6.07) is 11.9. The van der Waals surface area contributed by atoms with Gasteiger partial charge in [0.2, 0.25) is 5.91 Å². The number of pyridine rings is 1. The Bertz CT molecular complexity index is 1020. The van der Waals surface area contributed by atoms with Gasteiger partial charge in [0.1, 0.15) is 6.04 Å². The Hall–Kier alpha value is -3.19. The fraction of sp³-hybridized carbons (Fsp3) is 0.238. The summed E-state index contributed by atoms with van der Waals surface area (Å²) < 4.78 is 5.32. The molecule has 0 unspecified atom stereocenters. The zero-order valence-corrected chi connectivity index (χ0v) is 16.3. The first-order valence-electron chi connectivity index (χ1n) is 9.32. The van der Waals surface area contributed by atoms with Crippen LogP contribution in [0.15, 0.2) is 59.4 Å². The second kappa shape index (κ2) is 8.45. The Morgan fingerprint density at radius 3 is 2.79 bits per heavy atom. The number of hydrogen-bond donors (Lipinski definition) is 1. The molecule has 0 radical (unpaired) electrons. The van der Waals surface area contributed by atoms with Crippen LogP contribution in [0.3, 0.4) is 0 Å². The molecule has 29 heavy (non-hydrogen) atoms. The van der Waals surface area contributed by atoms with Gasteiger partial charge in [-0.15, -0.1) is 0 Å². The molecule has 0 spiro atoms. The molecule has 1 aliphatic heterocycles. The number of carbonyl (C=O) groups excluding carboxylic acids is 2. The van der Waals surface area contributed by atoms with Crippen molar-refractivity contribution in [2.24, 2.45) is 0 Å². The lowest BCUT2D eigenvalue weighted by molar-refractivity contribution is -0.125. The van der Waals surface area contributed by atoms with E-state index in [1.807, 2.05) is 24.3 Å². The summed E-state index contributed by atoms with van der Waals surface area (Å²) in [6.07, 6.45) is 4.72. The molecule has 1 atom stereocenters. The Kier molecular flexibility index (Phi) is 5.57. The molecule has 3 aromatic rings. The molecule has 4 rings (SSSR count). The second-order valence-electron chi connectivity index (χ2n) is 6.79. The smallest absolute Gasteiger partial charge is 0.276 e. The second-order valence-corrected chi connectivity index (χ2v) is 7.19. The van der Waals surface area contributed by atoms with Gasteiger partial charge in [0, 0.05) is 37.1 Å². The number of nitrogens with one attached hydrogen (secondary N) is 1. The average molecular weight is 411 g/mol. The van der Waals surface area contributed by atoms with Crippen LogP contribution in [0.25, 0.3) is 11.3 Å². The van der Waals surface area contributed by atoms with Crippen molar-refractivity contribution in [1.82, 2.24) is 20.4 Å². The van der Waals surface area contributed by atoms with E-state index in [1.165, 1.54) is 0 Å². The van der Waals surface area contributed by atoms with Crippen LogP contribution in [-0.2, 0) is 11.3 Å². The molecule has 2 amide bonds. The maximum Gasteiger partial charge on any atom is 0.276 e. The van der Waals surface area contributed by atoms with Crippen molar-refractivity contribution >= 4 is 23.4 Å². The van der Waals surface area contributed by atoms with Gasteiger partial charge in [0.15, 0.2) is 11.5 Å². The van der Waals surface area contributed by atoms with Gasteiger partial charge >= 0.3 is 0 Å². The summed E-state index contributed by atoms with van der Waals surface area (Å²) in [5.41, 5.74) is 1.77. The summed E-state index contributed by atoms with van der Waals surface area (Å²) in [5.74, 6) is -0.0899. The van der Waals surface area contributed by atoms with Gasteiger partial charge in [-0.1, -0.05) is 28.9 Å². The fourth-order valence-electron chi connectivity index (χ4n) is 3.40. The Labute approximate surface area is 172 Å². The van der Waals surface area contributed by atoms with Crippen molar-refractivity contribution in [1.29, 1.82) is 0 Å². The SMILES string of the molecule is O=C(NCc1ccncc1)[C@@H]1CCCN1C(=O)c1cc(-c2ccccc2Cl)on1. The highest BCUT2D eigenvalue weighted by Crippen LogP contribution is 2.29. The van der Waals surface area contributed by atoms with Crippen LogP contribution in [0.4, 0.5) is 0 Å². The Morgan fingerprint density at radius 2 is 2.00 bits per heavy atom. The first-order chi connectivity index (χ1) is 14.1. The molecule has 0 aliphatic carbocycles. The molecule has 3 heterocycles. The first-order valence-corrected chi connectivity index (χ1v) is 9.70. The molecule has 1 aromatic carbocycles. The number of amides is 2. The molecular weight excluding hydrogens is 392 g/mol. The minimum atomic E-state index is -0.523. The van der Waals surface area contributed by atoms with Gasteiger partial charge in [-0.2, -0.15) is 0 Å². The number of aromatic nitrogens is 2. The van der Waals surface area contributed by atoms with Crippen LogP contribution < -0.4 is 5.32 Å². The van der Waals surface area contributed by atoms with Crippen molar-refractivity contribution in [2.75, 3.05) is 6.54 Å². The molecule has 1 saturated heterocycles. The highest BCUT2D eigenvalue weighted by Gasteiger charge is 2.35. The molecule has 1 N–H and O–H groups in total. The predicted molar refractivity (Wildman–Crippen MR) is 107 cm³/mol. The lowest BCUT2D eigenvalue weighted by Crippen LogP contribution is -2.45. The Morgan fingerprint density at radius 1 is 1.21 bits per heavy atom. The van der Waals surface area contributed by atoms with Gasteiger partial charge in [-0.3, -0.25) is 14.6 Å². The molecule has 1 fully saturated rings. The zero-order valence-electron chi connectivity index (χ0n) is 15.5. The van der Waals surface area contributed by atoms with E-state index in [2.05, 4.69) is 15.5 Å². The van der Waals surface area contributed by atoms with Crippen LogP contribution in [0, 0.1) is 0 Å². The third-order valence-electron chi connectivity index (χ3n) is 4.90. The van der Waals surface area contributed by atoms with Gasteiger partial charge in [-0.25, -0.2) is 0 Å². The van der Waals surface area contributed by atoms with E-state index < -0.39 is 6.04 Å². The van der Waals surface area contributed by atoms with E-state index in [0.29, 0.717) is 35.9 Å². The predicted octanol–water partition coefficient (Wildman–Crippen LogP) is 3.31. The topological polar surface area (TPSA) is 88.3 Å². The minimum Gasteiger partial charge on any atom is -0.355 e. The van der Waals surface area contributed by atoms with E-state index in [9.17, 15) is 9.59 Å². The number of rotatable bonds is 5. The first kappa shape index (κ1) is 19.1. The zero-order chi connectivity index (χ0) is 20.2. The molecule has 0 saturated carbocycles. The van der Waals surface area contributed by atoms with Gasteiger partial charge in [0.25, 0.3) is 5.91 Å². The van der Waals surface area contributed by atoms with E-state index in [-0.39, 0.29) is 17.5 Å². The molecule has 0 bridgehead atoms. The summed E-state index contributed by atoms with van der Waals surface area (Å²) >= 11 is 6.18. The minimum absolute atomic E-state index is 0.161. The van der Waals surface area contributed by atoms with E-state index in [1.54, 1.807) is 35.5 Å². The largest absolute Gasteiger partial charge is 0.355 e. The molecule has 148 valence electrons. The number of benzene rings is 1. The quantitative estimate of drug-likeness (QED) is 0.697.